The second-order valence-electron chi connectivity index (χ2n) is 7.72. The molecule has 0 saturated carbocycles. The van der Waals surface area contributed by atoms with E-state index < -0.39 is 17.7 Å². The Labute approximate surface area is 211 Å². The number of carbonyl (C=O) groups excluding carboxylic acids is 1. The summed E-state index contributed by atoms with van der Waals surface area (Å²) in [7, 11) is 1.53. The van der Waals surface area contributed by atoms with Gasteiger partial charge in [-0.1, -0.05) is 18.7 Å². The highest BCUT2D eigenvalue weighted by atomic mass is 19.4. The molecule has 0 saturated heterocycles. The van der Waals surface area contributed by atoms with Crippen LogP contribution in [0.4, 0.5) is 18.9 Å². The summed E-state index contributed by atoms with van der Waals surface area (Å²) in [6.45, 7) is 7.43. The Bertz CT molecular complexity index is 1340. The van der Waals surface area contributed by atoms with Gasteiger partial charge in [-0.3, -0.25) is 0 Å². The molecule has 1 aromatic heterocycles. The van der Waals surface area contributed by atoms with Gasteiger partial charge in [0.1, 0.15) is 17.1 Å². The summed E-state index contributed by atoms with van der Waals surface area (Å²) < 4.78 is 51.5. The van der Waals surface area contributed by atoms with Gasteiger partial charge in [0.25, 0.3) is 0 Å². The highest BCUT2D eigenvalue weighted by molar-refractivity contribution is 6.27. The maximum atomic E-state index is 13.1. The smallest absolute Gasteiger partial charge is 0.416 e. The molecule has 0 aliphatic carbocycles. The zero-order valence-electron chi connectivity index (χ0n) is 20.5. The van der Waals surface area contributed by atoms with E-state index in [4.69, 9.17) is 15.2 Å². The number of rotatable bonds is 9. The summed E-state index contributed by atoms with van der Waals surface area (Å²) in [6, 6.07) is 9.46. The van der Waals surface area contributed by atoms with Gasteiger partial charge >= 0.3 is 12.1 Å². The highest BCUT2D eigenvalue weighted by Gasteiger charge is 2.30. The van der Waals surface area contributed by atoms with Gasteiger partial charge in [-0.15, -0.1) is 0 Å². The van der Waals surface area contributed by atoms with Gasteiger partial charge in [-0.05, 0) is 38.1 Å². The molecule has 8 nitrogen and oxygen atoms in total. The van der Waals surface area contributed by atoms with Crippen molar-refractivity contribution in [3.63, 3.8) is 0 Å². The van der Waals surface area contributed by atoms with Crippen molar-refractivity contribution in [3.8, 4) is 11.4 Å². The predicted molar refractivity (Wildman–Crippen MR) is 135 cm³/mol. The summed E-state index contributed by atoms with van der Waals surface area (Å²) >= 11 is 0. The molecule has 3 aromatic rings. The number of aromatic nitrogens is 2. The SMILES string of the molecule is C=C(N=C(/C(=C\N)C(=O)OCC)c1ccc(C(F)(F)F)cc1)Nc1ccc(-n2cnc(C)c2)c(OC)c1. The zero-order valence-corrected chi connectivity index (χ0v) is 20.5. The van der Waals surface area contributed by atoms with Crippen LogP contribution < -0.4 is 15.8 Å². The first kappa shape index (κ1) is 27.1. The molecule has 3 N–H and O–H groups in total. The van der Waals surface area contributed by atoms with Gasteiger partial charge in [-0.2, -0.15) is 13.2 Å². The lowest BCUT2D eigenvalue weighted by molar-refractivity contribution is -0.138. The Morgan fingerprint density at radius 1 is 1.24 bits per heavy atom. The van der Waals surface area contributed by atoms with Crippen molar-refractivity contribution < 1.29 is 27.4 Å². The fraction of sp³-hybridized carbons (Fsp3) is 0.192. The Hall–Kier alpha value is -4.54. The molecule has 37 heavy (non-hydrogen) atoms. The third-order valence-electron chi connectivity index (χ3n) is 5.11. The number of hydrogen-bond acceptors (Lipinski definition) is 7. The molecule has 3 rings (SSSR count). The lowest BCUT2D eigenvalue weighted by Crippen LogP contribution is -2.19. The van der Waals surface area contributed by atoms with Crippen molar-refractivity contribution in [3.05, 3.63) is 96.0 Å². The Morgan fingerprint density at radius 3 is 2.49 bits per heavy atom. The normalized spacial score (nSPS) is 12.3. The molecule has 0 radical (unpaired) electrons. The van der Waals surface area contributed by atoms with Crippen LogP contribution >= 0.6 is 0 Å². The number of nitrogens with one attached hydrogen (secondary N) is 1. The minimum atomic E-state index is -4.52. The summed E-state index contributed by atoms with van der Waals surface area (Å²) in [5.74, 6) is -0.152. The Kier molecular flexibility index (Phi) is 8.38. The van der Waals surface area contributed by atoms with Crippen LogP contribution in [-0.4, -0.2) is 34.9 Å². The van der Waals surface area contributed by atoms with Gasteiger partial charge in [-0.25, -0.2) is 14.8 Å². The second-order valence-corrected chi connectivity index (χ2v) is 7.72. The van der Waals surface area contributed by atoms with Crippen LogP contribution in [0.25, 0.3) is 5.69 Å². The van der Waals surface area contributed by atoms with Gasteiger partial charge in [0.15, 0.2) is 0 Å². The number of benzene rings is 2. The molecule has 0 unspecified atom stereocenters. The molecule has 2 aromatic carbocycles. The molecule has 0 amide bonds. The van der Waals surface area contributed by atoms with E-state index in [9.17, 15) is 18.0 Å². The average Bonchev–Trinajstić information content (AvgIpc) is 3.29. The van der Waals surface area contributed by atoms with E-state index in [1.54, 1.807) is 31.5 Å². The van der Waals surface area contributed by atoms with Crippen molar-refractivity contribution in [1.29, 1.82) is 0 Å². The molecule has 0 bridgehead atoms. The molecule has 0 spiro atoms. The van der Waals surface area contributed by atoms with Crippen molar-refractivity contribution >= 4 is 17.4 Å². The number of aryl methyl sites for hydroxylation is 1. The summed E-state index contributed by atoms with van der Waals surface area (Å²) in [4.78, 5) is 21.1. The summed E-state index contributed by atoms with van der Waals surface area (Å²) in [6.07, 6.45) is -0.0154. The van der Waals surface area contributed by atoms with Crippen LogP contribution in [0.2, 0.25) is 0 Å². The van der Waals surface area contributed by atoms with Crippen molar-refractivity contribution in [2.45, 2.75) is 20.0 Å². The first-order chi connectivity index (χ1) is 17.6. The number of imidazole rings is 1. The standard InChI is InChI=1S/C26H26F3N5O3/c1-5-37-25(35)21(13-30)24(18-6-8-19(9-7-18)26(27,28)29)33-17(3)32-20-10-11-22(23(12-20)36-4)34-14-16(2)31-15-34/h6-15,32H,3,5,30H2,1-2,4H3/b21-13+,33-24?. The third-order valence-corrected chi connectivity index (χ3v) is 5.11. The first-order valence-electron chi connectivity index (χ1n) is 11.1. The first-order valence-corrected chi connectivity index (χ1v) is 11.1. The number of esters is 1. The van der Waals surface area contributed by atoms with Gasteiger partial charge in [0.2, 0.25) is 0 Å². The average molecular weight is 514 g/mol. The monoisotopic (exact) mass is 513 g/mol. The molecular formula is C26H26F3N5O3. The topological polar surface area (TPSA) is 104 Å². The zero-order chi connectivity index (χ0) is 27.2. The Balaban J connectivity index is 1.96. The van der Waals surface area contributed by atoms with E-state index in [-0.39, 0.29) is 29.3 Å². The molecule has 0 atom stereocenters. The molecule has 0 aliphatic rings. The van der Waals surface area contributed by atoms with Crippen LogP contribution in [-0.2, 0) is 15.7 Å². The highest BCUT2D eigenvalue weighted by Crippen LogP contribution is 2.30. The number of methoxy groups -OCH3 is 1. The molecular weight excluding hydrogens is 487 g/mol. The number of ether oxygens (including phenoxy) is 2. The maximum Gasteiger partial charge on any atom is 0.416 e. The van der Waals surface area contributed by atoms with E-state index in [0.29, 0.717) is 11.4 Å². The number of hydrogen-bond donors (Lipinski definition) is 2. The van der Waals surface area contributed by atoms with Crippen LogP contribution in [0.3, 0.4) is 0 Å². The van der Waals surface area contributed by atoms with Crippen molar-refractivity contribution in [2.24, 2.45) is 10.7 Å². The van der Waals surface area contributed by atoms with E-state index >= 15 is 0 Å². The molecule has 0 fully saturated rings. The minimum absolute atomic E-state index is 0.00958. The fourth-order valence-electron chi connectivity index (χ4n) is 3.40. The molecule has 11 heteroatoms. The number of carbonyl (C=O) groups is 1. The van der Waals surface area contributed by atoms with E-state index in [2.05, 4.69) is 21.9 Å². The number of nitrogens with zero attached hydrogens (tertiary/aromatic N) is 3. The van der Waals surface area contributed by atoms with E-state index in [0.717, 1.165) is 29.7 Å². The lowest BCUT2D eigenvalue weighted by Gasteiger charge is -2.15. The summed E-state index contributed by atoms with van der Waals surface area (Å²) in [5.41, 5.74) is 7.07. The number of halogens is 3. The molecule has 1 heterocycles. The quantitative estimate of drug-likeness (QED) is 0.238. The number of alkyl halides is 3. The van der Waals surface area contributed by atoms with Gasteiger partial charge in [0.05, 0.1) is 42.7 Å². The van der Waals surface area contributed by atoms with Gasteiger partial charge < -0.3 is 25.1 Å². The number of aliphatic imine (C=N–C) groups is 1. The van der Waals surface area contributed by atoms with Crippen molar-refractivity contribution in [2.75, 3.05) is 19.0 Å². The fourth-order valence-corrected chi connectivity index (χ4v) is 3.40. The second kappa shape index (κ2) is 11.5. The number of anilines is 1. The van der Waals surface area contributed by atoms with E-state index in [1.165, 1.54) is 19.2 Å². The minimum Gasteiger partial charge on any atom is -0.494 e. The number of nitrogens with two attached hydrogens (primary N) is 1. The van der Waals surface area contributed by atoms with Crippen molar-refractivity contribution in [1.82, 2.24) is 9.55 Å². The van der Waals surface area contributed by atoms with Crippen LogP contribution in [0, 0.1) is 6.92 Å². The maximum absolute atomic E-state index is 13.1. The van der Waals surface area contributed by atoms with Crippen LogP contribution in [0.5, 0.6) is 5.75 Å². The van der Waals surface area contributed by atoms with Crippen LogP contribution in [0.1, 0.15) is 23.7 Å². The lowest BCUT2D eigenvalue weighted by atomic mass is 10.0. The van der Waals surface area contributed by atoms with Gasteiger partial charge in [0, 0.05) is 29.7 Å². The Morgan fingerprint density at radius 2 is 1.95 bits per heavy atom. The largest absolute Gasteiger partial charge is 0.494 e. The van der Waals surface area contributed by atoms with Crippen LogP contribution in [0.15, 0.2) is 84.2 Å². The molecule has 194 valence electrons. The predicted octanol–water partition coefficient (Wildman–Crippen LogP) is 4.99. The summed E-state index contributed by atoms with van der Waals surface area (Å²) in [5, 5.41) is 3.00. The molecule has 0 aliphatic heterocycles. The van der Waals surface area contributed by atoms with E-state index in [1.807, 2.05) is 17.7 Å². The third kappa shape index (κ3) is 6.57.